The number of carbonyl (C=O) groups excluding carboxylic acids is 3. The van der Waals surface area contributed by atoms with Gasteiger partial charge in [-0.15, -0.1) is 0 Å². The van der Waals surface area contributed by atoms with Crippen LogP contribution in [-0.2, 0) is 37.0 Å². The van der Waals surface area contributed by atoms with Gasteiger partial charge in [0.25, 0.3) is 0 Å². The van der Waals surface area contributed by atoms with Gasteiger partial charge in [0.15, 0.2) is 0 Å². The van der Waals surface area contributed by atoms with E-state index >= 15 is 0 Å². The molecule has 254 valence electrons. The number of morpholine rings is 1. The van der Waals surface area contributed by atoms with Gasteiger partial charge < -0.3 is 30.3 Å². The highest BCUT2D eigenvalue weighted by molar-refractivity contribution is 5.91. The highest BCUT2D eigenvalue weighted by Crippen LogP contribution is 2.35. The average Bonchev–Trinajstić information content (AvgIpc) is 3.71. The number of hydrogen-bond donors (Lipinski definition) is 3. The summed E-state index contributed by atoms with van der Waals surface area (Å²) >= 11 is 0. The average molecular weight is 660 g/mol. The minimum absolute atomic E-state index is 0.0245. The van der Waals surface area contributed by atoms with Gasteiger partial charge in [0.1, 0.15) is 18.8 Å². The second kappa shape index (κ2) is 15.3. The molecule has 0 spiro atoms. The van der Waals surface area contributed by atoms with Crippen molar-refractivity contribution in [1.82, 2.24) is 25.3 Å². The number of amides is 3. The fourth-order valence-electron chi connectivity index (χ4n) is 6.58. The van der Waals surface area contributed by atoms with E-state index in [2.05, 4.69) is 39.5 Å². The summed E-state index contributed by atoms with van der Waals surface area (Å²) in [5.41, 5.74) is 3.85. The lowest BCUT2D eigenvalue weighted by atomic mass is 10.1. The van der Waals surface area contributed by atoms with Crippen LogP contribution in [0.3, 0.4) is 0 Å². The van der Waals surface area contributed by atoms with Crippen LogP contribution < -0.4 is 10.6 Å². The first kappa shape index (κ1) is 33.6. The van der Waals surface area contributed by atoms with Gasteiger partial charge in [-0.05, 0) is 54.7 Å². The molecular weight excluding hydrogens is 617 g/mol. The Balaban J connectivity index is 1.05. The molecule has 3 heterocycles. The van der Waals surface area contributed by atoms with Crippen LogP contribution in [0, 0.1) is 17.8 Å². The fraction of sp³-hybridized carbons (Fsp3) is 0.500. The number of benzene rings is 2. The molecule has 6 rings (SSSR count). The molecule has 2 aromatic rings. The summed E-state index contributed by atoms with van der Waals surface area (Å²) in [5.74, 6) is 3.98. The SMILES string of the molecule is O=C(O)CN(C(=O)[C@@H]1C[C@H](F)CN1)[C@@H]1C[C@H](C(=O)NCc2ccc(C#Cc3ccc(CN4CCOCC4)cc3)cc2)N(C(=O)C2CC2)C1. The topological polar surface area (TPSA) is 132 Å². The molecule has 3 amide bonds. The van der Waals surface area contributed by atoms with Crippen LogP contribution in [0.25, 0.3) is 0 Å². The zero-order chi connectivity index (χ0) is 33.6. The number of likely N-dealkylation sites (tertiary alicyclic amines) is 1. The Morgan fingerprint density at radius 3 is 2.19 bits per heavy atom. The summed E-state index contributed by atoms with van der Waals surface area (Å²) < 4.78 is 19.3. The minimum atomic E-state index is -1.21. The Morgan fingerprint density at radius 2 is 1.60 bits per heavy atom. The molecule has 0 radical (unpaired) electrons. The number of alkyl halides is 1. The zero-order valence-electron chi connectivity index (χ0n) is 26.9. The van der Waals surface area contributed by atoms with Gasteiger partial charge in [0.05, 0.1) is 25.3 Å². The largest absolute Gasteiger partial charge is 0.480 e. The third-order valence-electron chi connectivity index (χ3n) is 9.43. The molecule has 11 nitrogen and oxygen atoms in total. The molecule has 3 N–H and O–H groups in total. The standard InChI is InChI=1S/C36H42FN5O6/c37-29-17-31(38-20-29)36(47)41(23-33(43)44)30-18-32(42(22-30)35(46)28-11-12-28)34(45)39-19-26-7-3-24(4-8-26)1-2-25-5-9-27(10-6-25)21-40-13-15-48-16-14-40/h3-10,28-32,38H,11-23H2,(H,39,45)(H,43,44)/t29-,30+,31-,32+/m0/s1. The van der Waals surface area contributed by atoms with E-state index in [1.165, 1.54) is 15.4 Å². The minimum Gasteiger partial charge on any atom is -0.480 e. The van der Waals surface area contributed by atoms with Gasteiger partial charge in [0.2, 0.25) is 17.7 Å². The number of ether oxygens (including phenoxy) is 1. The highest BCUT2D eigenvalue weighted by atomic mass is 19.1. The molecule has 1 aliphatic carbocycles. The number of aliphatic carboxylic acids is 1. The third kappa shape index (κ3) is 8.58. The number of carbonyl (C=O) groups is 4. The van der Waals surface area contributed by atoms with Gasteiger partial charge in [-0.25, -0.2) is 4.39 Å². The maximum absolute atomic E-state index is 13.8. The Labute approximate surface area is 279 Å². The van der Waals surface area contributed by atoms with Crippen LogP contribution >= 0.6 is 0 Å². The van der Waals surface area contributed by atoms with Crippen molar-refractivity contribution in [1.29, 1.82) is 0 Å². The molecule has 1 saturated carbocycles. The van der Waals surface area contributed by atoms with E-state index in [-0.39, 0.29) is 50.2 Å². The Kier molecular flexibility index (Phi) is 10.7. The van der Waals surface area contributed by atoms with Gasteiger partial charge >= 0.3 is 5.97 Å². The number of halogens is 1. The number of carboxylic acids is 1. The lowest BCUT2D eigenvalue weighted by Gasteiger charge is -2.30. The first-order chi connectivity index (χ1) is 23.2. The van der Waals surface area contributed by atoms with Gasteiger partial charge in [-0.3, -0.25) is 24.1 Å². The lowest BCUT2D eigenvalue weighted by Crippen LogP contribution is -2.51. The molecule has 0 unspecified atom stereocenters. The molecule has 3 saturated heterocycles. The van der Waals surface area contributed by atoms with Crippen molar-refractivity contribution in [3.63, 3.8) is 0 Å². The van der Waals surface area contributed by atoms with Crippen molar-refractivity contribution in [3.05, 3.63) is 70.8 Å². The smallest absolute Gasteiger partial charge is 0.323 e. The van der Waals surface area contributed by atoms with Crippen LogP contribution in [0.15, 0.2) is 48.5 Å². The maximum Gasteiger partial charge on any atom is 0.323 e. The van der Waals surface area contributed by atoms with Crippen LogP contribution in [0.5, 0.6) is 0 Å². The Hall–Kier alpha value is -4.31. The second-order valence-electron chi connectivity index (χ2n) is 13.1. The number of rotatable bonds is 10. The van der Waals surface area contributed by atoms with Gasteiger partial charge in [-0.1, -0.05) is 36.1 Å². The van der Waals surface area contributed by atoms with E-state index < -0.39 is 42.7 Å². The summed E-state index contributed by atoms with van der Waals surface area (Å²) in [6.45, 7) is 4.05. The number of carboxylic acid groups (broad SMARTS) is 1. The van der Waals surface area contributed by atoms with Crippen molar-refractivity contribution in [2.24, 2.45) is 5.92 Å². The molecule has 3 aliphatic heterocycles. The van der Waals surface area contributed by atoms with Crippen LogP contribution in [0.4, 0.5) is 4.39 Å². The first-order valence-electron chi connectivity index (χ1n) is 16.7. The molecule has 48 heavy (non-hydrogen) atoms. The van der Waals surface area contributed by atoms with E-state index in [1.807, 2.05) is 36.4 Å². The van der Waals surface area contributed by atoms with Crippen molar-refractivity contribution in [2.75, 3.05) is 45.9 Å². The fourth-order valence-corrected chi connectivity index (χ4v) is 6.58. The van der Waals surface area contributed by atoms with Crippen molar-refractivity contribution in [2.45, 2.75) is 63.1 Å². The van der Waals surface area contributed by atoms with E-state index in [9.17, 15) is 28.7 Å². The summed E-state index contributed by atoms with van der Waals surface area (Å²) in [6, 6.07) is 13.5. The van der Waals surface area contributed by atoms with Gasteiger partial charge in [0, 0.05) is 62.7 Å². The van der Waals surface area contributed by atoms with Crippen LogP contribution in [0.1, 0.15) is 47.9 Å². The predicted octanol–water partition coefficient (Wildman–Crippen LogP) is 1.53. The monoisotopic (exact) mass is 659 g/mol. The summed E-state index contributed by atoms with van der Waals surface area (Å²) in [4.78, 5) is 56.7. The van der Waals surface area contributed by atoms with E-state index in [4.69, 9.17) is 4.74 Å². The van der Waals surface area contributed by atoms with Crippen molar-refractivity contribution < 1.29 is 33.4 Å². The number of hydrogen-bond acceptors (Lipinski definition) is 7. The third-order valence-corrected chi connectivity index (χ3v) is 9.43. The van der Waals surface area contributed by atoms with E-state index in [1.54, 1.807) is 0 Å². The predicted molar refractivity (Wildman–Crippen MR) is 174 cm³/mol. The number of nitrogens with zero attached hydrogens (tertiary/aromatic N) is 3. The molecule has 2 aromatic carbocycles. The van der Waals surface area contributed by atoms with E-state index in [0.717, 1.165) is 62.4 Å². The summed E-state index contributed by atoms with van der Waals surface area (Å²) in [5, 5.41) is 15.3. The lowest BCUT2D eigenvalue weighted by molar-refractivity contribution is -0.147. The Bertz CT molecular complexity index is 1550. The molecular formula is C36H42FN5O6. The van der Waals surface area contributed by atoms with Crippen molar-refractivity contribution >= 4 is 23.7 Å². The molecule has 12 heteroatoms. The second-order valence-corrected chi connectivity index (χ2v) is 13.1. The van der Waals surface area contributed by atoms with Crippen LogP contribution in [0.2, 0.25) is 0 Å². The van der Waals surface area contributed by atoms with Gasteiger partial charge in [-0.2, -0.15) is 0 Å². The summed E-state index contributed by atoms with van der Waals surface area (Å²) in [6.07, 6.45) is 0.364. The highest BCUT2D eigenvalue weighted by Gasteiger charge is 2.47. The van der Waals surface area contributed by atoms with E-state index in [0.29, 0.717) is 0 Å². The maximum atomic E-state index is 13.8. The molecule has 0 bridgehead atoms. The molecule has 4 atom stereocenters. The quantitative estimate of drug-likeness (QED) is 0.328. The van der Waals surface area contributed by atoms with Crippen LogP contribution in [-0.4, -0.2) is 114 Å². The molecule has 0 aromatic heterocycles. The van der Waals surface area contributed by atoms with Crippen molar-refractivity contribution in [3.8, 4) is 11.8 Å². The number of nitrogens with one attached hydrogen (secondary N) is 2. The molecule has 4 fully saturated rings. The molecule has 4 aliphatic rings. The zero-order valence-corrected chi connectivity index (χ0v) is 26.9. The summed E-state index contributed by atoms with van der Waals surface area (Å²) in [7, 11) is 0. The first-order valence-corrected chi connectivity index (χ1v) is 16.7. The Morgan fingerprint density at radius 1 is 0.958 bits per heavy atom. The normalized spacial score (nSPS) is 24.1.